The topological polar surface area (TPSA) is 83.0 Å². The van der Waals surface area contributed by atoms with E-state index in [4.69, 9.17) is 18.9 Å². The number of fused-ring (bicyclic) bond motifs is 1. The van der Waals surface area contributed by atoms with Gasteiger partial charge >= 0.3 is 5.97 Å². The molecule has 0 amide bonds. The Balaban J connectivity index is 1.84. The maximum atomic E-state index is 13.8. The second kappa shape index (κ2) is 10.3. The summed E-state index contributed by atoms with van der Waals surface area (Å²) in [6.07, 6.45) is 1.70. The van der Waals surface area contributed by atoms with E-state index in [-0.39, 0.29) is 12.2 Å². The lowest BCUT2D eigenvalue weighted by Gasteiger charge is -2.26. The fourth-order valence-electron chi connectivity index (χ4n) is 4.10. The number of esters is 1. The van der Waals surface area contributed by atoms with E-state index in [0.717, 1.165) is 9.33 Å². The number of furan rings is 1. The molecule has 4 aromatic rings. The average molecular weight is 612 g/mol. The van der Waals surface area contributed by atoms with E-state index in [1.807, 2.05) is 60.7 Å². The van der Waals surface area contributed by atoms with Crippen LogP contribution in [0.1, 0.15) is 29.9 Å². The third-order valence-electron chi connectivity index (χ3n) is 5.65. The van der Waals surface area contributed by atoms with Crippen LogP contribution in [0.3, 0.4) is 0 Å². The van der Waals surface area contributed by atoms with Gasteiger partial charge in [-0.1, -0.05) is 53.8 Å². The number of aromatic nitrogens is 1. The molecule has 1 aliphatic rings. The number of carbonyl (C=O) groups is 1. The molecule has 9 heteroatoms. The summed E-state index contributed by atoms with van der Waals surface area (Å²) >= 11 is 3.33. The number of hydrogen-bond acceptors (Lipinski definition) is 7. The van der Waals surface area contributed by atoms with E-state index in [0.29, 0.717) is 37.7 Å². The van der Waals surface area contributed by atoms with Crippen molar-refractivity contribution in [1.82, 2.24) is 4.57 Å². The average Bonchev–Trinajstić information content (AvgIpc) is 3.45. The van der Waals surface area contributed by atoms with Crippen molar-refractivity contribution >= 4 is 51.7 Å². The van der Waals surface area contributed by atoms with Crippen LogP contribution in [0.25, 0.3) is 11.8 Å². The number of ether oxygens (including phenoxy) is 2. The highest BCUT2D eigenvalue weighted by Crippen LogP contribution is 2.36. The van der Waals surface area contributed by atoms with Crippen molar-refractivity contribution in [2.24, 2.45) is 4.99 Å². The summed E-state index contributed by atoms with van der Waals surface area (Å²) < 4.78 is 19.3. The zero-order valence-electron chi connectivity index (χ0n) is 19.4. The molecule has 1 atom stereocenters. The van der Waals surface area contributed by atoms with Gasteiger partial charge in [-0.15, -0.1) is 0 Å². The van der Waals surface area contributed by atoms with Crippen LogP contribution in [0.4, 0.5) is 0 Å². The molecule has 36 heavy (non-hydrogen) atoms. The molecule has 0 saturated carbocycles. The third kappa shape index (κ3) is 4.56. The van der Waals surface area contributed by atoms with Gasteiger partial charge in [-0.2, -0.15) is 0 Å². The van der Waals surface area contributed by atoms with E-state index in [1.165, 1.54) is 11.3 Å². The fraction of sp³-hybridized carbons (Fsp3) is 0.148. The Morgan fingerprint density at radius 1 is 1.17 bits per heavy atom. The Morgan fingerprint density at radius 3 is 2.67 bits per heavy atom. The Kier molecular flexibility index (Phi) is 6.92. The Labute approximate surface area is 224 Å². The van der Waals surface area contributed by atoms with E-state index in [1.54, 1.807) is 30.7 Å². The summed E-state index contributed by atoms with van der Waals surface area (Å²) in [5, 5.41) is 0. The van der Waals surface area contributed by atoms with Gasteiger partial charge < -0.3 is 13.9 Å². The zero-order chi connectivity index (χ0) is 25.2. The minimum absolute atomic E-state index is 0.191. The quantitative estimate of drug-likeness (QED) is 0.242. The lowest BCUT2D eigenvalue weighted by atomic mass is 9.93. The molecule has 5 rings (SSSR count). The van der Waals surface area contributed by atoms with Gasteiger partial charge in [0.1, 0.15) is 11.5 Å². The zero-order valence-corrected chi connectivity index (χ0v) is 22.4. The molecule has 0 spiro atoms. The van der Waals surface area contributed by atoms with Gasteiger partial charge in [-0.25, -0.2) is 9.79 Å². The summed E-state index contributed by atoms with van der Waals surface area (Å²) in [4.78, 5) is 32.5. The molecule has 0 fully saturated rings. The van der Waals surface area contributed by atoms with Crippen molar-refractivity contribution in [2.75, 3.05) is 13.7 Å². The van der Waals surface area contributed by atoms with Gasteiger partial charge in [0, 0.05) is 11.6 Å². The number of benzene rings is 2. The molecule has 2 aromatic heterocycles. The summed E-state index contributed by atoms with van der Waals surface area (Å²) in [6, 6.07) is 19.7. The predicted molar refractivity (Wildman–Crippen MR) is 145 cm³/mol. The number of rotatable bonds is 6. The standard InChI is InChI=1S/C27H21IN2O5S/c1-3-34-26(32)22-23(16-8-5-4-6-9-16)29-27-30(24(22)17-10-7-11-18(14-17)33-2)25(31)20(36-27)15-19-12-13-21(28)35-19/h4-15,24H,3H2,1-2H3/b20-15-/t24-/m1/s1. The molecule has 7 nitrogen and oxygen atoms in total. The largest absolute Gasteiger partial charge is 0.497 e. The van der Waals surface area contributed by atoms with E-state index >= 15 is 0 Å². The van der Waals surface area contributed by atoms with Crippen molar-refractivity contribution < 1.29 is 18.7 Å². The fourth-order valence-corrected chi connectivity index (χ4v) is 5.52. The second-order valence-corrected chi connectivity index (χ2v) is 9.92. The normalized spacial score (nSPS) is 15.4. The molecule has 0 radical (unpaired) electrons. The number of methoxy groups -OCH3 is 1. The number of halogens is 1. The van der Waals surface area contributed by atoms with Crippen molar-refractivity contribution in [3.8, 4) is 5.75 Å². The second-order valence-electron chi connectivity index (χ2n) is 7.85. The van der Waals surface area contributed by atoms with Crippen LogP contribution in [0.15, 0.2) is 86.5 Å². The van der Waals surface area contributed by atoms with Gasteiger partial charge in [0.05, 0.1) is 35.6 Å². The van der Waals surface area contributed by atoms with Crippen molar-refractivity contribution in [2.45, 2.75) is 13.0 Å². The summed E-state index contributed by atoms with van der Waals surface area (Å²) in [5.41, 5.74) is 1.96. The van der Waals surface area contributed by atoms with Crippen LogP contribution in [0.2, 0.25) is 0 Å². The SMILES string of the molecule is CCOC(=O)C1=C(c2ccccc2)N=c2s/c(=C\c3ccc(I)o3)c(=O)n2[C@@H]1c1cccc(OC)c1. The molecule has 1 aliphatic heterocycles. The molecule has 0 bridgehead atoms. The van der Waals surface area contributed by atoms with Gasteiger partial charge in [-0.3, -0.25) is 9.36 Å². The Morgan fingerprint density at radius 2 is 1.97 bits per heavy atom. The highest BCUT2D eigenvalue weighted by Gasteiger charge is 2.35. The van der Waals surface area contributed by atoms with Gasteiger partial charge in [-0.05, 0) is 59.3 Å². The predicted octanol–water partition coefficient (Wildman–Crippen LogP) is 4.14. The molecule has 182 valence electrons. The van der Waals surface area contributed by atoms with Gasteiger partial charge in [0.15, 0.2) is 8.57 Å². The lowest BCUT2D eigenvalue weighted by molar-refractivity contribution is -0.138. The molecule has 0 saturated heterocycles. The molecular formula is C27H21IN2O5S. The van der Waals surface area contributed by atoms with Crippen LogP contribution in [-0.2, 0) is 9.53 Å². The number of thiazole rings is 1. The minimum atomic E-state index is -0.760. The molecule has 0 unspecified atom stereocenters. The number of hydrogen-bond donors (Lipinski definition) is 0. The number of carbonyl (C=O) groups excluding carboxylic acids is 1. The first-order chi connectivity index (χ1) is 17.5. The van der Waals surface area contributed by atoms with E-state index < -0.39 is 12.0 Å². The van der Waals surface area contributed by atoms with Crippen molar-refractivity contribution in [1.29, 1.82) is 0 Å². The summed E-state index contributed by atoms with van der Waals surface area (Å²) in [7, 11) is 1.58. The third-order valence-corrected chi connectivity index (χ3v) is 7.21. The maximum Gasteiger partial charge on any atom is 0.338 e. The van der Waals surface area contributed by atoms with Crippen molar-refractivity contribution in [3.05, 3.63) is 113 Å². The molecular weight excluding hydrogens is 591 g/mol. The molecule has 0 N–H and O–H groups in total. The van der Waals surface area contributed by atoms with E-state index in [9.17, 15) is 9.59 Å². The Bertz CT molecular complexity index is 1650. The van der Waals surface area contributed by atoms with Crippen molar-refractivity contribution in [3.63, 3.8) is 0 Å². The van der Waals surface area contributed by atoms with Crippen LogP contribution < -0.4 is 19.6 Å². The monoisotopic (exact) mass is 612 g/mol. The first-order valence-electron chi connectivity index (χ1n) is 11.2. The van der Waals surface area contributed by atoms with Crippen LogP contribution in [0, 0.1) is 3.77 Å². The van der Waals surface area contributed by atoms with Crippen LogP contribution in [-0.4, -0.2) is 24.3 Å². The lowest BCUT2D eigenvalue weighted by Crippen LogP contribution is -2.40. The first kappa shape index (κ1) is 24.3. The molecule has 0 aliphatic carbocycles. The Hall–Kier alpha value is -3.44. The van der Waals surface area contributed by atoms with Gasteiger partial charge in [0.2, 0.25) is 0 Å². The highest BCUT2D eigenvalue weighted by atomic mass is 127. The van der Waals surface area contributed by atoms with Gasteiger partial charge in [0.25, 0.3) is 5.56 Å². The number of nitrogens with zero attached hydrogens (tertiary/aromatic N) is 2. The highest BCUT2D eigenvalue weighted by molar-refractivity contribution is 14.1. The minimum Gasteiger partial charge on any atom is -0.497 e. The van der Waals surface area contributed by atoms with Crippen LogP contribution >= 0.6 is 33.9 Å². The molecule has 3 heterocycles. The van der Waals surface area contributed by atoms with E-state index in [2.05, 4.69) is 22.6 Å². The smallest absolute Gasteiger partial charge is 0.338 e. The van der Waals surface area contributed by atoms with Crippen LogP contribution in [0.5, 0.6) is 5.75 Å². The first-order valence-corrected chi connectivity index (χ1v) is 13.1. The maximum absolute atomic E-state index is 13.8. The summed E-state index contributed by atoms with van der Waals surface area (Å²) in [5.74, 6) is 0.652. The summed E-state index contributed by atoms with van der Waals surface area (Å²) in [6.45, 7) is 1.94. The molecule has 2 aromatic carbocycles.